The summed E-state index contributed by atoms with van der Waals surface area (Å²) < 4.78 is 13.7. The van der Waals surface area contributed by atoms with Crippen LogP contribution in [0, 0.1) is 0 Å². The van der Waals surface area contributed by atoms with Crippen molar-refractivity contribution in [2.75, 3.05) is 13.6 Å². The molecule has 1 rings (SSSR count). The molecule has 1 heterocycles. The first kappa shape index (κ1) is 14.8. The van der Waals surface area contributed by atoms with Gasteiger partial charge in [-0.25, -0.2) is 4.39 Å². The molecule has 0 aromatic rings. The number of likely N-dealkylation sites (tertiary alicyclic amines) is 1. The molecule has 1 aliphatic rings. The summed E-state index contributed by atoms with van der Waals surface area (Å²) in [4.78, 5) is 1.96. The van der Waals surface area contributed by atoms with Gasteiger partial charge in [0.15, 0.2) is 6.30 Å². The maximum atomic E-state index is 13.7. The highest BCUT2D eigenvalue weighted by molar-refractivity contribution is 4.78. The van der Waals surface area contributed by atoms with Gasteiger partial charge in [0.1, 0.15) is 0 Å². The van der Waals surface area contributed by atoms with E-state index in [1.165, 1.54) is 0 Å². The highest BCUT2D eigenvalue weighted by Crippen LogP contribution is 2.20. The number of nitrogens with one attached hydrogen (secondary N) is 1. The van der Waals surface area contributed by atoms with E-state index in [2.05, 4.69) is 19.2 Å². The lowest BCUT2D eigenvalue weighted by Crippen LogP contribution is -2.39. The van der Waals surface area contributed by atoms with E-state index in [9.17, 15) is 4.39 Å². The van der Waals surface area contributed by atoms with Crippen LogP contribution in [0.4, 0.5) is 4.39 Å². The van der Waals surface area contributed by atoms with Crippen LogP contribution in [0.3, 0.4) is 0 Å². The molecule has 2 unspecified atom stereocenters. The minimum atomic E-state index is -0.764. The SMILES string of the molecule is CC.CNC1CCCN(C(C)C)C(F)C1. The van der Waals surface area contributed by atoms with Crippen molar-refractivity contribution in [3.05, 3.63) is 0 Å². The Balaban J connectivity index is 0.000000921. The molecule has 0 aromatic carbocycles. The number of nitrogens with zero attached hydrogens (tertiary/aromatic N) is 1. The van der Waals surface area contributed by atoms with Crippen molar-refractivity contribution in [2.45, 2.75) is 65.3 Å². The van der Waals surface area contributed by atoms with Gasteiger partial charge < -0.3 is 5.32 Å². The maximum Gasteiger partial charge on any atom is 0.155 e. The third-order valence-corrected chi connectivity index (χ3v) is 2.88. The molecule has 2 nitrogen and oxygen atoms in total. The molecule has 0 saturated carbocycles. The number of alkyl halides is 1. The predicted molar refractivity (Wildman–Crippen MR) is 64.8 cm³/mol. The topological polar surface area (TPSA) is 15.3 Å². The van der Waals surface area contributed by atoms with E-state index in [1.807, 2.05) is 25.8 Å². The van der Waals surface area contributed by atoms with Crippen LogP contribution in [0.5, 0.6) is 0 Å². The molecular weight excluding hydrogens is 191 g/mol. The fraction of sp³-hybridized carbons (Fsp3) is 1.00. The highest BCUT2D eigenvalue weighted by Gasteiger charge is 2.26. The largest absolute Gasteiger partial charge is 0.317 e. The normalized spacial score (nSPS) is 28.2. The predicted octanol–water partition coefficient (Wildman–Crippen LogP) is 2.79. The van der Waals surface area contributed by atoms with Crippen molar-refractivity contribution >= 4 is 0 Å². The van der Waals surface area contributed by atoms with Crippen LogP contribution in [0.2, 0.25) is 0 Å². The lowest BCUT2D eigenvalue weighted by Gasteiger charge is -2.28. The summed E-state index contributed by atoms with van der Waals surface area (Å²) in [5.41, 5.74) is 0. The molecule has 0 bridgehead atoms. The van der Waals surface area contributed by atoms with E-state index in [4.69, 9.17) is 0 Å². The van der Waals surface area contributed by atoms with Gasteiger partial charge in [0, 0.05) is 25.0 Å². The smallest absolute Gasteiger partial charge is 0.155 e. The van der Waals surface area contributed by atoms with E-state index in [-0.39, 0.29) is 0 Å². The second-order valence-electron chi connectivity index (χ2n) is 4.13. The van der Waals surface area contributed by atoms with E-state index in [0.29, 0.717) is 18.5 Å². The first-order valence-corrected chi connectivity index (χ1v) is 6.22. The molecule has 1 N–H and O–H groups in total. The second kappa shape index (κ2) is 8.05. The molecule has 0 aromatic heterocycles. The quantitative estimate of drug-likeness (QED) is 0.717. The Morgan fingerprint density at radius 2 is 1.93 bits per heavy atom. The Morgan fingerprint density at radius 3 is 2.40 bits per heavy atom. The number of hydrogen-bond donors (Lipinski definition) is 1. The van der Waals surface area contributed by atoms with Gasteiger partial charge in [-0.3, -0.25) is 4.90 Å². The van der Waals surface area contributed by atoms with Crippen LogP contribution >= 0.6 is 0 Å². The fourth-order valence-electron chi connectivity index (χ4n) is 1.99. The van der Waals surface area contributed by atoms with Gasteiger partial charge in [-0.1, -0.05) is 13.8 Å². The van der Waals surface area contributed by atoms with Gasteiger partial charge in [-0.05, 0) is 33.7 Å². The average Bonchev–Trinajstić information content (AvgIpc) is 2.42. The van der Waals surface area contributed by atoms with E-state index < -0.39 is 6.30 Å². The van der Waals surface area contributed by atoms with Crippen LogP contribution in [-0.4, -0.2) is 36.9 Å². The number of hydrogen-bond acceptors (Lipinski definition) is 2. The van der Waals surface area contributed by atoms with E-state index in [0.717, 1.165) is 19.4 Å². The summed E-state index contributed by atoms with van der Waals surface area (Å²) in [5, 5.41) is 3.17. The summed E-state index contributed by atoms with van der Waals surface area (Å²) >= 11 is 0. The highest BCUT2D eigenvalue weighted by atomic mass is 19.1. The zero-order valence-corrected chi connectivity index (χ0v) is 10.9. The maximum absolute atomic E-state index is 13.7. The standard InChI is InChI=1S/C10H21FN2.C2H6/c1-8(2)13-6-4-5-9(12-3)7-10(13)11;1-2/h8-10,12H,4-7H2,1-3H3;1-2H3. The van der Waals surface area contributed by atoms with Crippen molar-refractivity contribution in [1.82, 2.24) is 10.2 Å². The molecule has 0 aliphatic carbocycles. The van der Waals surface area contributed by atoms with Crippen molar-refractivity contribution in [2.24, 2.45) is 0 Å². The molecule has 0 amide bonds. The first-order valence-electron chi connectivity index (χ1n) is 6.22. The number of halogens is 1. The zero-order valence-electron chi connectivity index (χ0n) is 10.9. The Hall–Kier alpha value is -0.150. The second-order valence-corrected chi connectivity index (χ2v) is 4.13. The molecular formula is C12H27FN2. The lowest BCUT2D eigenvalue weighted by molar-refractivity contribution is 0.0528. The van der Waals surface area contributed by atoms with Gasteiger partial charge in [-0.15, -0.1) is 0 Å². The molecule has 2 atom stereocenters. The molecule has 1 aliphatic heterocycles. The Labute approximate surface area is 94.2 Å². The first-order chi connectivity index (χ1) is 7.15. The van der Waals surface area contributed by atoms with Crippen molar-refractivity contribution in [1.29, 1.82) is 0 Å². The van der Waals surface area contributed by atoms with Crippen LogP contribution in [0.15, 0.2) is 0 Å². The molecule has 1 saturated heterocycles. The molecule has 15 heavy (non-hydrogen) atoms. The summed E-state index contributed by atoms with van der Waals surface area (Å²) in [7, 11) is 1.92. The zero-order chi connectivity index (χ0) is 11.8. The Bertz CT molecular complexity index is 151. The van der Waals surface area contributed by atoms with E-state index >= 15 is 0 Å². The molecule has 92 valence electrons. The molecule has 3 heteroatoms. The summed E-state index contributed by atoms with van der Waals surface area (Å²) in [6.45, 7) is 9.02. The van der Waals surface area contributed by atoms with Crippen LogP contribution < -0.4 is 5.32 Å². The van der Waals surface area contributed by atoms with Crippen LogP contribution in [-0.2, 0) is 0 Å². The minimum absolute atomic E-state index is 0.325. The van der Waals surface area contributed by atoms with Crippen LogP contribution in [0.25, 0.3) is 0 Å². The summed E-state index contributed by atoms with van der Waals surface area (Å²) in [6.07, 6.45) is 2.07. The molecule has 0 spiro atoms. The lowest BCUT2D eigenvalue weighted by atomic mass is 10.1. The van der Waals surface area contributed by atoms with Crippen molar-refractivity contribution < 1.29 is 4.39 Å². The Kier molecular flexibility index (Phi) is 7.97. The minimum Gasteiger partial charge on any atom is -0.317 e. The third-order valence-electron chi connectivity index (χ3n) is 2.88. The van der Waals surface area contributed by atoms with Gasteiger partial charge >= 0.3 is 0 Å². The van der Waals surface area contributed by atoms with Gasteiger partial charge in [-0.2, -0.15) is 0 Å². The number of rotatable bonds is 2. The molecule has 1 fully saturated rings. The average molecular weight is 218 g/mol. The summed E-state index contributed by atoms with van der Waals surface area (Å²) in [6, 6.07) is 0.685. The fourth-order valence-corrected chi connectivity index (χ4v) is 1.99. The third kappa shape index (κ3) is 4.94. The van der Waals surface area contributed by atoms with Crippen molar-refractivity contribution in [3.63, 3.8) is 0 Å². The van der Waals surface area contributed by atoms with Gasteiger partial charge in [0.2, 0.25) is 0 Å². The van der Waals surface area contributed by atoms with Crippen molar-refractivity contribution in [3.8, 4) is 0 Å². The monoisotopic (exact) mass is 218 g/mol. The Morgan fingerprint density at radius 1 is 1.33 bits per heavy atom. The van der Waals surface area contributed by atoms with Gasteiger partial charge in [0.25, 0.3) is 0 Å². The molecule has 0 radical (unpaired) electrons. The van der Waals surface area contributed by atoms with Crippen LogP contribution in [0.1, 0.15) is 47.0 Å². The van der Waals surface area contributed by atoms with E-state index in [1.54, 1.807) is 0 Å². The summed E-state index contributed by atoms with van der Waals surface area (Å²) in [5.74, 6) is 0. The van der Waals surface area contributed by atoms with Gasteiger partial charge in [0.05, 0.1) is 0 Å².